The lowest BCUT2D eigenvalue weighted by molar-refractivity contribution is -0.385. The third kappa shape index (κ3) is 3.23. The lowest BCUT2D eigenvalue weighted by Gasteiger charge is -2.31. The standard InChI is InChI=1S/C14H21N3O2/c1-10-7-11(2)14(17(18)19)8-13(10)15-12-5-4-6-16(3)9-12/h7-8,12,15H,4-6,9H2,1-3H3. The van der Waals surface area contributed by atoms with Crippen LogP contribution in [0.2, 0.25) is 0 Å². The number of nitrogens with one attached hydrogen (secondary N) is 1. The van der Waals surface area contributed by atoms with Crippen molar-refractivity contribution in [2.45, 2.75) is 32.7 Å². The predicted octanol–water partition coefficient (Wildman–Crippen LogP) is 2.72. The molecule has 1 aromatic rings. The van der Waals surface area contributed by atoms with Crippen LogP contribution in [0.5, 0.6) is 0 Å². The Hall–Kier alpha value is -1.62. The largest absolute Gasteiger partial charge is 0.381 e. The molecular formula is C14H21N3O2. The van der Waals surface area contributed by atoms with Gasteiger partial charge in [-0.1, -0.05) is 0 Å². The molecule has 5 heteroatoms. The molecule has 1 atom stereocenters. The Morgan fingerprint density at radius 3 is 2.74 bits per heavy atom. The first-order chi connectivity index (χ1) is 8.97. The van der Waals surface area contributed by atoms with Crippen molar-refractivity contribution in [3.8, 4) is 0 Å². The second-order valence-electron chi connectivity index (χ2n) is 5.46. The van der Waals surface area contributed by atoms with E-state index in [9.17, 15) is 10.1 Å². The fraction of sp³-hybridized carbons (Fsp3) is 0.571. The normalized spacial score (nSPS) is 20.3. The summed E-state index contributed by atoms with van der Waals surface area (Å²) in [4.78, 5) is 13.0. The van der Waals surface area contributed by atoms with Crippen LogP contribution in [0, 0.1) is 24.0 Å². The van der Waals surface area contributed by atoms with Crippen LogP contribution in [0.25, 0.3) is 0 Å². The topological polar surface area (TPSA) is 58.4 Å². The van der Waals surface area contributed by atoms with E-state index >= 15 is 0 Å². The SMILES string of the molecule is Cc1cc(C)c([N+](=O)[O-])cc1NC1CCCN(C)C1. The molecule has 0 aliphatic carbocycles. The van der Waals surface area contributed by atoms with E-state index in [0.29, 0.717) is 11.6 Å². The Bertz CT molecular complexity index is 488. The second kappa shape index (κ2) is 5.57. The summed E-state index contributed by atoms with van der Waals surface area (Å²) in [5, 5.41) is 14.5. The van der Waals surface area contributed by atoms with E-state index < -0.39 is 0 Å². The number of likely N-dealkylation sites (N-methyl/N-ethyl adjacent to an activating group) is 1. The summed E-state index contributed by atoms with van der Waals surface area (Å²) in [6.07, 6.45) is 2.28. The Balaban J connectivity index is 2.19. The molecule has 19 heavy (non-hydrogen) atoms. The number of rotatable bonds is 3. The molecule has 5 nitrogen and oxygen atoms in total. The fourth-order valence-corrected chi connectivity index (χ4v) is 2.70. The zero-order valence-electron chi connectivity index (χ0n) is 11.8. The molecule has 1 fully saturated rings. The second-order valence-corrected chi connectivity index (χ2v) is 5.46. The molecule has 0 aromatic heterocycles. The average Bonchev–Trinajstić information content (AvgIpc) is 2.32. The number of nitrogens with zero attached hydrogens (tertiary/aromatic N) is 2. The molecule has 1 unspecified atom stereocenters. The van der Waals surface area contributed by atoms with Crippen molar-refractivity contribution in [3.63, 3.8) is 0 Å². The first-order valence-corrected chi connectivity index (χ1v) is 6.68. The molecule has 2 rings (SSSR count). The zero-order chi connectivity index (χ0) is 14.0. The van der Waals surface area contributed by atoms with E-state index in [1.165, 1.54) is 6.42 Å². The molecule has 0 amide bonds. The van der Waals surface area contributed by atoms with Gasteiger partial charge in [-0.2, -0.15) is 0 Å². The minimum absolute atomic E-state index is 0.192. The minimum atomic E-state index is -0.313. The molecule has 0 spiro atoms. The highest BCUT2D eigenvalue weighted by Crippen LogP contribution is 2.27. The van der Waals surface area contributed by atoms with Crippen LogP contribution in [0.4, 0.5) is 11.4 Å². The van der Waals surface area contributed by atoms with Gasteiger partial charge in [0.2, 0.25) is 0 Å². The number of nitro benzene ring substituents is 1. The van der Waals surface area contributed by atoms with E-state index in [1.807, 2.05) is 13.0 Å². The maximum Gasteiger partial charge on any atom is 0.274 e. The van der Waals surface area contributed by atoms with E-state index in [4.69, 9.17) is 0 Å². The summed E-state index contributed by atoms with van der Waals surface area (Å²) >= 11 is 0. The lowest BCUT2D eigenvalue weighted by atomic mass is 10.0. The number of benzene rings is 1. The highest BCUT2D eigenvalue weighted by atomic mass is 16.6. The van der Waals surface area contributed by atoms with Crippen molar-refractivity contribution in [2.24, 2.45) is 0 Å². The molecular weight excluding hydrogens is 242 g/mol. The van der Waals surface area contributed by atoms with Gasteiger partial charge in [-0.3, -0.25) is 10.1 Å². The van der Waals surface area contributed by atoms with Gasteiger partial charge >= 0.3 is 0 Å². The predicted molar refractivity (Wildman–Crippen MR) is 76.7 cm³/mol. The van der Waals surface area contributed by atoms with Gasteiger partial charge in [0.15, 0.2) is 0 Å². The summed E-state index contributed by atoms with van der Waals surface area (Å²) < 4.78 is 0. The van der Waals surface area contributed by atoms with Gasteiger partial charge in [0.05, 0.1) is 4.92 Å². The molecule has 1 heterocycles. The number of hydrogen-bond acceptors (Lipinski definition) is 4. The monoisotopic (exact) mass is 263 g/mol. The molecule has 1 aliphatic rings. The Morgan fingerprint density at radius 1 is 1.37 bits per heavy atom. The van der Waals surface area contributed by atoms with E-state index in [0.717, 1.165) is 30.8 Å². The maximum absolute atomic E-state index is 11.0. The molecule has 1 aliphatic heterocycles. The minimum Gasteiger partial charge on any atom is -0.381 e. The van der Waals surface area contributed by atoms with Gasteiger partial charge in [0, 0.05) is 29.9 Å². The van der Waals surface area contributed by atoms with Crippen LogP contribution in [0.1, 0.15) is 24.0 Å². The summed E-state index contributed by atoms with van der Waals surface area (Å²) in [6.45, 7) is 5.89. The van der Waals surface area contributed by atoms with Crippen LogP contribution >= 0.6 is 0 Å². The first-order valence-electron chi connectivity index (χ1n) is 6.68. The van der Waals surface area contributed by atoms with Crippen LogP contribution in [-0.4, -0.2) is 36.0 Å². The van der Waals surface area contributed by atoms with E-state index in [1.54, 1.807) is 13.0 Å². The van der Waals surface area contributed by atoms with Gasteiger partial charge in [0.1, 0.15) is 0 Å². The average molecular weight is 263 g/mol. The van der Waals surface area contributed by atoms with Gasteiger partial charge in [-0.25, -0.2) is 0 Å². The molecule has 0 bridgehead atoms. The van der Waals surface area contributed by atoms with E-state index in [2.05, 4.69) is 17.3 Å². The van der Waals surface area contributed by atoms with Crippen molar-refractivity contribution in [1.29, 1.82) is 0 Å². The van der Waals surface area contributed by atoms with Crippen LogP contribution in [0.15, 0.2) is 12.1 Å². The van der Waals surface area contributed by atoms with Gasteiger partial charge in [-0.05, 0) is 51.9 Å². The number of anilines is 1. The highest BCUT2D eigenvalue weighted by molar-refractivity contribution is 5.60. The van der Waals surface area contributed by atoms with Crippen molar-refractivity contribution in [2.75, 3.05) is 25.5 Å². The molecule has 1 aromatic carbocycles. The van der Waals surface area contributed by atoms with Crippen LogP contribution < -0.4 is 5.32 Å². The molecule has 1 saturated heterocycles. The highest BCUT2D eigenvalue weighted by Gasteiger charge is 2.19. The maximum atomic E-state index is 11.0. The number of aryl methyl sites for hydroxylation is 2. The number of hydrogen-bond donors (Lipinski definition) is 1. The van der Waals surface area contributed by atoms with Crippen LogP contribution in [0.3, 0.4) is 0 Å². The number of piperidine rings is 1. The Morgan fingerprint density at radius 2 is 2.11 bits per heavy atom. The first kappa shape index (κ1) is 13.8. The van der Waals surface area contributed by atoms with Crippen molar-refractivity contribution in [3.05, 3.63) is 33.4 Å². The van der Waals surface area contributed by atoms with Gasteiger partial charge in [-0.15, -0.1) is 0 Å². The fourth-order valence-electron chi connectivity index (χ4n) is 2.70. The Labute approximate surface area is 113 Å². The molecule has 0 radical (unpaired) electrons. The summed E-state index contributed by atoms with van der Waals surface area (Å²) in [5.74, 6) is 0. The summed E-state index contributed by atoms with van der Waals surface area (Å²) in [7, 11) is 2.11. The summed E-state index contributed by atoms with van der Waals surface area (Å²) in [5.41, 5.74) is 2.86. The van der Waals surface area contributed by atoms with Crippen molar-refractivity contribution in [1.82, 2.24) is 4.90 Å². The van der Waals surface area contributed by atoms with E-state index in [-0.39, 0.29) is 10.6 Å². The van der Waals surface area contributed by atoms with Crippen molar-refractivity contribution < 1.29 is 4.92 Å². The number of likely N-dealkylation sites (tertiary alicyclic amines) is 1. The molecule has 1 N–H and O–H groups in total. The third-order valence-corrected chi connectivity index (χ3v) is 3.72. The Kier molecular flexibility index (Phi) is 4.04. The quantitative estimate of drug-likeness (QED) is 0.673. The third-order valence-electron chi connectivity index (χ3n) is 3.72. The molecule has 104 valence electrons. The van der Waals surface area contributed by atoms with Gasteiger partial charge in [0.25, 0.3) is 5.69 Å². The van der Waals surface area contributed by atoms with Crippen molar-refractivity contribution >= 4 is 11.4 Å². The summed E-state index contributed by atoms with van der Waals surface area (Å²) in [6, 6.07) is 3.92. The lowest BCUT2D eigenvalue weighted by Crippen LogP contribution is -2.39. The smallest absolute Gasteiger partial charge is 0.274 e. The zero-order valence-corrected chi connectivity index (χ0v) is 11.8. The number of nitro groups is 1. The molecule has 0 saturated carbocycles. The van der Waals surface area contributed by atoms with Crippen LogP contribution in [-0.2, 0) is 0 Å². The van der Waals surface area contributed by atoms with Gasteiger partial charge < -0.3 is 10.2 Å².